The molecule has 1 aliphatic carbocycles. The number of hydrogen-bond donors (Lipinski definition) is 0. The van der Waals surface area contributed by atoms with E-state index in [1.807, 2.05) is 0 Å². The van der Waals surface area contributed by atoms with Crippen molar-refractivity contribution in [3.8, 4) is 0 Å². The molecule has 2 aliphatic rings. The lowest BCUT2D eigenvalue weighted by atomic mass is 9.86. The molecule has 0 amide bonds. The summed E-state index contributed by atoms with van der Waals surface area (Å²) < 4.78 is 10.4. The topological polar surface area (TPSA) is 77.3 Å². The molecule has 0 aromatic heterocycles. The standard InChI is InChI=1S/C13H13ClN2O4/c1-7(17)13(20-8(2)18)5-9-10(4-11(13)19-3)15-6-16-12(9)14/h4-5H,6H2,1-3H3. The zero-order valence-electron chi connectivity index (χ0n) is 11.3. The molecule has 20 heavy (non-hydrogen) atoms. The van der Waals surface area contributed by atoms with Crippen LogP contribution in [0, 0.1) is 0 Å². The predicted octanol–water partition coefficient (Wildman–Crippen LogP) is 1.40. The van der Waals surface area contributed by atoms with Crippen molar-refractivity contribution in [2.45, 2.75) is 19.4 Å². The second-order valence-electron chi connectivity index (χ2n) is 4.29. The van der Waals surface area contributed by atoms with Crippen molar-refractivity contribution in [1.82, 2.24) is 0 Å². The lowest BCUT2D eigenvalue weighted by molar-refractivity contribution is -0.159. The molecule has 2 rings (SSSR count). The number of aliphatic imine (C=N–C) groups is 2. The van der Waals surface area contributed by atoms with Gasteiger partial charge in [0.05, 0.1) is 12.8 Å². The lowest BCUT2D eigenvalue weighted by Gasteiger charge is -2.33. The molecule has 0 aromatic rings. The summed E-state index contributed by atoms with van der Waals surface area (Å²) in [6.45, 7) is 2.74. The van der Waals surface area contributed by atoms with Gasteiger partial charge in [0.25, 0.3) is 0 Å². The highest BCUT2D eigenvalue weighted by Crippen LogP contribution is 2.33. The summed E-state index contributed by atoms with van der Waals surface area (Å²) >= 11 is 6.03. The summed E-state index contributed by atoms with van der Waals surface area (Å²) in [6.07, 6.45) is 2.97. The second kappa shape index (κ2) is 5.20. The summed E-state index contributed by atoms with van der Waals surface area (Å²) in [7, 11) is 1.39. The number of ether oxygens (including phenoxy) is 2. The van der Waals surface area contributed by atoms with Crippen LogP contribution in [0.4, 0.5) is 0 Å². The van der Waals surface area contributed by atoms with E-state index in [0.29, 0.717) is 11.3 Å². The Kier molecular flexibility index (Phi) is 3.76. The monoisotopic (exact) mass is 296 g/mol. The highest BCUT2D eigenvalue weighted by molar-refractivity contribution is 6.73. The van der Waals surface area contributed by atoms with Gasteiger partial charge in [-0.2, -0.15) is 0 Å². The zero-order valence-corrected chi connectivity index (χ0v) is 12.0. The number of carbonyl (C=O) groups excluding carboxylic acids is 2. The summed E-state index contributed by atoms with van der Waals surface area (Å²) in [5, 5.41) is 0.221. The largest absolute Gasteiger partial charge is 0.496 e. The Bertz CT molecular complexity index is 603. The van der Waals surface area contributed by atoms with Crippen molar-refractivity contribution in [1.29, 1.82) is 0 Å². The molecule has 0 saturated carbocycles. The van der Waals surface area contributed by atoms with Gasteiger partial charge < -0.3 is 9.47 Å². The third kappa shape index (κ3) is 2.27. The van der Waals surface area contributed by atoms with E-state index in [1.165, 1.54) is 33.1 Å². The van der Waals surface area contributed by atoms with E-state index < -0.39 is 17.4 Å². The van der Waals surface area contributed by atoms with Gasteiger partial charge in [0, 0.05) is 18.6 Å². The normalized spacial score (nSPS) is 24.6. The van der Waals surface area contributed by atoms with Gasteiger partial charge in [0.1, 0.15) is 11.8 Å². The van der Waals surface area contributed by atoms with Crippen LogP contribution in [-0.2, 0) is 19.1 Å². The Morgan fingerprint density at radius 1 is 1.35 bits per heavy atom. The summed E-state index contributed by atoms with van der Waals surface area (Å²) in [5.41, 5.74) is -0.622. The zero-order chi connectivity index (χ0) is 14.9. The van der Waals surface area contributed by atoms with Crippen LogP contribution >= 0.6 is 11.6 Å². The summed E-state index contributed by atoms with van der Waals surface area (Å²) in [5.74, 6) is -0.819. The van der Waals surface area contributed by atoms with Crippen molar-refractivity contribution in [3.05, 3.63) is 23.5 Å². The molecule has 106 valence electrons. The number of fused-ring (bicyclic) bond motifs is 1. The minimum atomic E-state index is -1.62. The number of Topliss-reactive ketones (excluding diaryl/α,β-unsaturated/α-hetero) is 1. The summed E-state index contributed by atoms with van der Waals surface area (Å²) in [4.78, 5) is 31.5. The Morgan fingerprint density at radius 3 is 2.60 bits per heavy atom. The number of nitrogens with zero attached hydrogens (tertiary/aromatic N) is 2. The number of rotatable bonds is 3. The van der Waals surface area contributed by atoms with Crippen molar-refractivity contribution >= 4 is 34.2 Å². The number of ketones is 1. The molecule has 0 fully saturated rings. The van der Waals surface area contributed by atoms with E-state index in [-0.39, 0.29) is 17.6 Å². The van der Waals surface area contributed by atoms with Crippen LogP contribution in [-0.4, -0.2) is 42.0 Å². The first-order valence-electron chi connectivity index (χ1n) is 5.85. The quantitative estimate of drug-likeness (QED) is 0.738. The Morgan fingerprint density at radius 2 is 2.05 bits per heavy atom. The molecular formula is C13H13ClN2O4. The molecule has 7 heteroatoms. The first-order chi connectivity index (χ1) is 9.40. The summed E-state index contributed by atoms with van der Waals surface area (Å²) in [6, 6.07) is 0. The fourth-order valence-corrected chi connectivity index (χ4v) is 2.28. The maximum absolute atomic E-state index is 12.0. The van der Waals surface area contributed by atoms with Crippen molar-refractivity contribution in [3.63, 3.8) is 0 Å². The van der Waals surface area contributed by atoms with Gasteiger partial charge in [-0.25, -0.2) is 4.99 Å². The molecule has 0 saturated heterocycles. The fraction of sp³-hybridized carbons (Fsp3) is 0.385. The average Bonchev–Trinajstić information content (AvgIpc) is 2.38. The number of halogens is 1. The van der Waals surface area contributed by atoms with Gasteiger partial charge in [0.15, 0.2) is 11.5 Å². The molecule has 0 spiro atoms. The van der Waals surface area contributed by atoms with Gasteiger partial charge in [0.2, 0.25) is 5.60 Å². The number of hydrogen-bond acceptors (Lipinski definition) is 6. The van der Waals surface area contributed by atoms with Gasteiger partial charge in [-0.05, 0) is 13.0 Å². The maximum Gasteiger partial charge on any atom is 0.304 e. The van der Waals surface area contributed by atoms with E-state index in [0.717, 1.165) is 0 Å². The first kappa shape index (κ1) is 14.5. The smallest absolute Gasteiger partial charge is 0.304 e. The highest BCUT2D eigenvalue weighted by Gasteiger charge is 2.46. The average molecular weight is 297 g/mol. The third-order valence-corrected chi connectivity index (χ3v) is 3.30. The third-order valence-electron chi connectivity index (χ3n) is 2.98. The molecule has 0 N–H and O–H groups in total. The molecule has 1 heterocycles. The van der Waals surface area contributed by atoms with Crippen LogP contribution in [0.2, 0.25) is 0 Å². The van der Waals surface area contributed by atoms with Crippen LogP contribution in [0.15, 0.2) is 33.5 Å². The predicted molar refractivity (Wildman–Crippen MR) is 73.9 cm³/mol. The molecular weight excluding hydrogens is 284 g/mol. The van der Waals surface area contributed by atoms with E-state index in [1.54, 1.807) is 0 Å². The van der Waals surface area contributed by atoms with Gasteiger partial charge in [-0.15, -0.1) is 0 Å². The van der Waals surface area contributed by atoms with Crippen LogP contribution in [0.5, 0.6) is 0 Å². The number of methoxy groups -OCH3 is 1. The van der Waals surface area contributed by atoms with E-state index in [2.05, 4.69) is 9.98 Å². The molecule has 0 radical (unpaired) electrons. The van der Waals surface area contributed by atoms with E-state index in [9.17, 15) is 9.59 Å². The van der Waals surface area contributed by atoms with Crippen LogP contribution < -0.4 is 0 Å². The number of esters is 1. The minimum Gasteiger partial charge on any atom is -0.496 e. The first-order valence-corrected chi connectivity index (χ1v) is 6.23. The van der Waals surface area contributed by atoms with Crippen molar-refractivity contribution in [2.24, 2.45) is 9.98 Å². The van der Waals surface area contributed by atoms with Crippen LogP contribution in [0.3, 0.4) is 0 Å². The van der Waals surface area contributed by atoms with Crippen LogP contribution in [0.1, 0.15) is 13.8 Å². The Labute approximate surface area is 120 Å². The molecule has 6 nitrogen and oxygen atoms in total. The molecule has 1 unspecified atom stereocenters. The SMILES string of the molecule is COC1=CC2=NCN=C(Cl)C2=CC1(OC(C)=O)C(C)=O. The van der Waals surface area contributed by atoms with Gasteiger partial charge >= 0.3 is 5.97 Å². The highest BCUT2D eigenvalue weighted by atomic mass is 35.5. The molecule has 0 aromatic carbocycles. The van der Waals surface area contributed by atoms with E-state index >= 15 is 0 Å². The Hall–Kier alpha value is -1.95. The fourth-order valence-electron chi connectivity index (χ4n) is 2.08. The number of allylic oxidation sites excluding steroid dienone is 2. The van der Waals surface area contributed by atoms with Crippen molar-refractivity contribution in [2.75, 3.05) is 13.8 Å². The van der Waals surface area contributed by atoms with Gasteiger partial charge in [-0.1, -0.05) is 11.6 Å². The molecule has 1 atom stereocenters. The molecule has 1 aliphatic heterocycles. The van der Waals surface area contributed by atoms with Crippen LogP contribution in [0.25, 0.3) is 0 Å². The lowest BCUT2D eigenvalue weighted by Crippen LogP contribution is -2.45. The maximum atomic E-state index is 12.0. The van der Waals surface area contributed by atoms with Crippen molar-refractivity contribution < 1.29 is 19.1 Å². The molecule has 0 bridgehead atoms. The minimum absolute atomic E-state index is 0.189. The van der Waals surface area contributed by atoms with Gasteiger partial charge in [-0.3, -0.25) is 14.6 Å². The Balaban J connectivity index is 2.62. The number of carbonyl (C=O) groups is 2. The second-order valence-corrected chi connectivity index (χ2v) is 4.65. The van der Waals surface area contributed by atoms with E-state index in [4.69, 9.17) is 21.1 Å².